The molecule has 2 saturated carbocycles. The van der Waals surface area contributed by atoms with Crippen LogP contribution in [0.4, 0.5) is 5.69 Å². The molecule has 0 spiro atoms. The van der Waals surface area contributed by atoms with Crippen molar-refractivity contribution < 1.29 is 17.8 Å². The molecule has 0 heterocycles. The van der Waals surface area contributed by atoms with Crippen LogP contribution in [0.1, 0.15) is 44.7 Å². The summed E-state index contributed by atoms with van der Waals surface area (Å²) in [7, 11) is 2.22. The summed E-state index contributed by atoms with van der Waals surface area (Å²) in [6.45, 7) is 8.52. The van der Waals surface area contributed by atoms with Crippen LogP contribution in [0.3, 0.4) is 0 Å². The summed E-state index contributed by atoms with van der Waals surface area (Å²) in [6.07, 6.45) is 4.33. The standard InChI is InChI=1S/C20H28NO.C7H8O3S/c1-19(2)17-11-12-20(19,3)18(22)16(17)13-14-7-9-15(10-8-14)21(4,5)6;1-6-2-4-7(5-3-6)11(8,9)10/h7-10,13,17H,11-12H2,1-6H3;2-5H,1H3,(H,8,9,10)/q+1;/p-1. The second kappa shape index (κ2) is 8.49. The van der Waals surface area contributed by atoms with Gasteiger partial charge in [-0.2, -0.15) is 0 Å². The molecule has 0 radical (unpaired) electrons. The Kier molecular flexibility index (Phi) is 6.52. The lowest BCUT2D eigenvalue weighted by Gasteiger charge is -2.31. The Morgan fingerprint density at radius 2 is 1.52 bits per heavy atom. The fourth-order valence-corrected chi connectivity index (χ4v) is 5.47. The Labute approximate surface area is 198 Å². The Morgan fingerprint density at radius 3 is 1.94 bits per heavy atom. The first kappa shape index (κ1) is 25.3. The van der Waals surface area contributed by atoms with Gasteiger partial charge in [-0.25, -0.2) is 8.42 Å². The molecular weight excluding hydrogens is 434 g/mol. The minimum Gasteiger partial charge on any atom is -0.744 e. The average molecular weight is 470 g/mol. The van der Waals surface area contributed by atoms with Crippen molar-refractivity contribution in [3.8, 4) is 0 Å². The number of nitrogens with zero attached hydrogens (tertiary/aromatic N) is 1. The maximum absolute atomic E-state index is 12.9. The number of allylic oxidation sites excluding steroid dienone is 1. The van der Waals surface area contributed by atoms with E-state index in [-0.39, 0.29) is 15.7 Å². The highest BCUT2D eigenvalue weighted by Gasteiger charge is 2.63. The molecule has 0 amide bonds. The summed E-state index contributed by atoms with van der Waals surface area (Å²) in [4.78, 5) is 12.7. The van der Waals surface area contributed by atoms with E-state index in [1.54, 1.807) is 12.1 Å². The Morgan fingerprint density at radius 1 is 0.970 bits per heavy atom. The summed E-state index contributed by atoms with van der Waals surface area (Å²) >= 11 is 0. The van der Waals surface area contributed by atoms with E-state index in [1.165, 1.54) is 17.8 Å². The Hall–Kier alpha value is -2.28. The first-order chi connectivity index (χ1) is 15.1. The molecule has 2 aliphatic carbocycles. The van der Waals surface area contributed by atoms with Crippen LogP contribution >= 0.6 is 0 Å². The van der Waals surface area contributed by atoms with Crippen molar-refractivity contribution in [1.29, 1.82) is 0 Å². The van der Waals surface area contributed by atoms with E-state index in [4.69, 9.17) is 0 Å². The first-order valence-electron chi connectivity index (χ1n) is 11.3. The zero-order valence-corrected chi connectivity index (χ0v) is 21.5. The van der Waals surface area contributed by atoms with Crippen LogP contribution in [0.2, 0.25) is 0 Å². The molecule has 2 atom stereocenters. The molecule has 6 heteroatoms. The van der Waals surface area contributed by atoms with Crippen molar-refractivity contribution in [2.45, 2.75) is 45.4 Å². The number of carbonyl (C=O) groups is 1. The predicted octanol–water partition coefficient (Wildman–Crippen LogP) is 5.19. The van der Waals surface area contributed by atoms with Crippen molar-refractivity contribution in [3.05, 3.63) is 65.2 Å². The molecule has 2 aromatic carbocycles. The van der Waals surface area contributed by atoms with Gasteiger partial charge in [0.1, 0.15) is 15.8 Å². The van der Waals surface area contributed by atoms with Gasteiger partial charge in [-0.15, -0.1) is 0 Å². The number of aryl methyl sites for hydroxylation is 1. The summed E-state index contributed by atoms with van der Waals surface area (Å²) in [5, 5.41) is 0. The van der Waals surface area contributed by atoms with Crippen LogP contribution in [-0.4, -0.2) is 39.9 Å². The van der Waals surface area contributed by atoms with Crippen LogP contribution in [0.15, 0.2) is 59.0 Å². The van der Waals surface area contributed by atoms with Gasteiger partial charge in [-0.1, -0.05) is 38.5 Å². The monoisotopic (exact) mass is 469 g/mol. The van der Waals surface area contributed by atoms with Crippen molar-refractivity contribution in [3.63, 3.8) is 0 Å². The fourth-order valence-electron chi connectivity index (χ4n) is 5.00. The molecule has 2 unspecified atom stereocenters. The summed E-state index contributed by atoms with van der Waals surface area (Å²) in [6, 6.07) is 14.4. The third kappa shape index (κ3) is 4.84. The highest BCUT2D eigenvalue weighted by Crippen LogP contribution is 2.65. The number of hydrogen-bond donors (Lipinski definition) is 0. The number of ketones is 1. The number of benzene rings is 2. The first-order valence-corrected chi connectivity index (χ1v) is 12.7. The number of carbonyl (C=O) groups excluding carboxylic acids is 1. The van der Waals surface area contributed by atoms with Gasteiger partial charge in [-0.3, -0.25) is 9.28 Å². The minimum absolute atomic E-state index is 0.0954. The van der Waals surface area contributed by atoms with Gasteiger partial charge in [0.15, 0.2) is 5.78 Å². The van der Waals surface area contributed by atoms with Crippen molar-refractivity contribution in [2.75, 3.05) is 21.1 Å². The van der Waals surface area contributed by atoms with Crippen LogP contribution in [0.5, 0.6) is 0 Å². The molecule has 0 saturated heterocycles. The van der Waals surface area contributed by atoms with Crippen LogP contribution in [-0.2, 0) is 14.9 Å². The molecule has 2 aliphatic rings. The second-order valence-corrected chi connectivity index (χ2v) is 12.3. The van der Waals surface area contributed by atoms with Gasteiger partial charge in [0.2, 0.25) is 0 Å². The Bertz CT molecular complexity index is 1170. The number of Topliss-reactive ketones (excluding diaryl/α,β-unsaturated/α-hetero) is 1. The number of hydrogen-bond acceptors (Lipinski definition) is 4. The van der Waals surface area contributed by atoms with E-state index in [0.717, 1.165) is 34.0 Å². The molecular formula is C27H35NO4S. The molecule has 5 nitrogen and oxygen atoms in total. The summed E-state index contributed by atoms with van der Waals surface area (Å²) < 4.78 is 32.0. The third-order valence-electron chi connectivity index (χ3n) is 7.66. The highest BCUT2D eigenvalue weighted by molar-refractivity contribution is 7.85. The smallest absolute Gasteiger partial charge is 0.165 e. The molecule has 2 bridgehead atoms. The largest absolute Gasteiger partial charge is 0.744 e. The van der Waals surface area contributed by atoms with Gasteiger partial charge in [-0.05, 0) is 84.7 Å². The number of fused-ring (bicyclic) bond motifs is 2. The SMILES string of the molecule is CC12CCC(C(=Cc3ccc([N+](C)(C)C)cc3)C1=O)C2(C)C.Cc1ccc(S(=O)(=O)[O-])cc1. The maximum atomic E-state index is 12.9. The molecule has 2 aromatic rings. The molecule has 4 rings (SSSR count). The third-order valence-corrected chi connectivity index (χ3v) is 8.51. The molecule has 0 aliphatic heterocycles. The van der Waals surface area contributed by atoms with E-state index >= 15 is 0 Å². The minimum atomic E-state index is -4.27. The summed E-state index contributed by atoms with van der Waals surface area (Å²) in [5.74, 6) is 0.799. The van der Waals surface area contributed by atoms with E-state index in [9.17, 15) is 17.8 Å². The highest BCUT2D eigenvalue weighted by atomic mass is 32.2. The lowest BCUT2D eigenvalue weighted by molar-refractivity contribution is -0.125. The molecule has 33 heavy (non-hydrogen) atoms. The van der Waals surface area contributed by atoms with E-state index in [1.807, 2.05) is 6.92 Å². The van der Waals surface area contributed by atoms with Gasteiger partial charge >= 0.3 is 0 Å². The lowest BCUT2D eigenvalue weighted by Crippen LogP contribution is -2.34. The van der Waals surface area contributed by atoms with Gasteiger partial charge < -0.3 is 4.55 Å². The van der Waals surface area contributed by atoms with E-state index in [0.29, 0.717) is 11.7 Å². The zero-order chi connectivity index (χ0) is 24.8. The van der Waals surface area contributed by atoms with Crippen LogP contribution < -0.4 is 4.48 Å². The van der Waals surface area contributed by atoms with Crippen LogP contribution in [0.25, 0.3) is 6.08 Å². The number of rotatable bonds is 3. The second-order valence-electron chi connectivity index (χ2n) is 10.9. The van der Waals surface area contributed by atoms with Gasteiger partial charge in [0.05, 0.1) is 26.0 Å². The summed E-state index contributed by atoms with van der Waals surface area (Å²) in [5.41, 5.74) is 4.33. The van der Waals surface area contributed by atoms with E-state index < -0.39 is 10.1 Å². The average Bonchev–Trinajstić information content (AvgIpc) is 3.01. The molecule has 178 valence electrons. The topological polar surface area (TPSA) is 74.3 Å². The fraction of sp³-hybridized carbons (Fsp3) is 0.444. The lowest BCUT2D eigenvalue weighted by atomic mass is 9.70. The van der Waals surface area contributed by atoms with Crippen molar-refractivity contribution in [1.82, 2.24) is 4.48 Å². The predicted molar refractivity (Wildman–Crippen MR) is 133 cm³/mol. The molecule has 0 N–H and O–H groups in total. The normalized spacial score (nSPS) is 25.2. The number of quaternary nitrogens is 1. The van der Waals surface area contributed by atoms with E-state index in [2.05, 4.69) is 72.3 Å². The quantitative estimate of drug-likeness (QED) is 0.352. The zero-order valence-electron chi connectivity index (χ0n) is 20.7. The van der Waals surface area contributed by atoms with Crippen molar-refractivity contribution >= 4 is 27.7 Å². The van der Waals surface area contributed by atoms with Crippen molar-refractivity contribution in [2.24, 2.45) is 16.7 Å². The van der Waals surface area contributed by atoms with Gasteiger partial charge in [0, 0.05) is 5.41 Å². The van der Waals surface area contributed by atoms with Gasteiger partial charge in [0.25, 0.3) is 0 Å². The molecule has 2 fully saturated rings. The Balaban J connectivity index is 0.000000235. The van der Waals surface area contributed by atoms with Crippen LogP contribution in [0, 0.1) is 23.7 Å². The molecule has 0 aromatic heterocycles. The maximum Gasteiger partial charge on any atom is 0.165 e.